The van der Waals surface area contributed by atoms with Crippen LogP contribution >= 0.6 is 11.3 Å². The molecule has 0 amide bonds. The molecule has 0 aromatic carbocycles. The number of carbonyl (C=O) groups is 1. The van der Waals surface area contributed by atoms with Gasteiger partial charge in [0, 0.05) is 36.5 Å². The van der Waals surface area contributed by atoms with Crippen LogP contribution in [0.4, 0.5) is 5.69 Å². The number of hydrogen-bond acceptors (Lipinski definition) is 3. The van der Waals surface area contributed by atoms with E-state index in [1.165, 1.54) is 5.69 Å². The third-order valence-corrected chi connectivity index (χ3v) is 3.20. The summed E-state index contributed by atoms with van der Waals surface area (Å²) >= 11 is 1.71. The van der Waals surface area contributed by atoms with Gasteiger partial charge in [0.15, 0.2) is 0 Å². The second kappa shape index (κ2) is 3.50. The molecule has 1 aromatic heterocycles. The van der Waals surface area contributed by atoms with Gasteiger partial charge in [0.25, 0.3) is 0 Å². The van der Waals surface area contributed by atoms with Crippen molar-refractivity contribution in [1.82, 2.24) is 0 Å². The molecule has 1 unspecified atom stereocenters. The zero-order valence-corrected chi connectivity index (χ0v) is 8.51. The lowest BCUT2D eigenvalue weighted by Gasteiger charge is -2.33. The summed E-state index contributed by atoms with van der Waals surface area (Å²) in [4.78, 5) is 13.5. The van der Waals surface area contributed by atoms with Gasteiger partial charge in [-0.2, -0.15) is 11.3 Å². The molecule has 1 atom stereocenters. The Bertz CT molecular complexity index is 294. The predicted molar refractivity (Wildman–Crippen MR) is 55.4 cm³/mol. The molecule has 0 aliphatic carbocycles. The van der Waals surface area contributed by atoms with Crippen LogP contribution in [0.5, 0.6) is 0 Å². The summed E-state index contributed by atoms with van der Waals surface area (Å²) in [5.74, 6) is 0.402. The van der Waals surface area contributed by atoms with Crippen LogP contribution in [0.2, 0.25) is 0 Å². The van der Waals surface area contributed by atoms with E-state index in [9.17, 15) is 4.79 Å². The molecule has 0 bridgehead atoms. The van der Waals surface area contributed by atoms with Crippen LogP contribution in [-0.4, -0.2) is 18.4 Å². The van der Waals surface area contributed by atoms with Crippen LogP contribution in [0.25, 0.3) is 0 Å². The molecule has 0 saturated carbocycles. The zero-order valence-electron chi connectivity index (χ0n) is 7.69. The van der Waals surface area contributed by atoms with E-state index in [-0.39, 0.29) is 0 Å². The molecule has 2 heterocycles. The number of thiophene rings is 1. The lowest BCUT2D eigenvalue weighted by Crippen LogP contribution is -2.40. The van der Waals surface area contributed by atoms with Gasteiger partial charge < -0.3 is 4.90 Å². The molecule has 3 heteroatoms. The number of Topliss-reactive ketones (excluding diaryl/α,β-unsaturated/α-hetero) is 1. The number of nitrogens with zero attached hydrogens (tertiary/aromatic N) is 1. The summed E-state index contributed by atoms with van der Waals surface area (Å²) in [6.07, 6.45) is 1.41. The number of anilines is 1. The van der Waals surface area contributed by atoms with Gasteiger partial charge in [0.1, 0.15) is 5.78 Å². The molecule has 0 N–H and O–H groups in total. The fourth-order valence-corrected chi connectivity index (χ4v) is 2.46. The number of piperidine rings is 1. The van der Waals surface area contributed by atoms with E-state index in [4.69, 9.17) is 0 Å². The minimum absolute atomic E-state index is 0.371. The molecule has 1 saturated heterocycles. The van der Waals surface area contributed by atoms with Gasteiger partial charge >= 0.3 is 0 Å². The van der Waals surface area contributed by atoms with Crippen LogP contribution in [0.15, 0.2) is 16.8 Å². The van der Waals surface area contributed by atoms with Crippen LogP contribution in [-0.2, 0) is 4.79 Å². The van der Waals surface area contributed by atoms with Crippen molar-refractivity contribution in [3.05, 3.63) is 16.8 Å². The standard InChI is InChI=1S/C10H13NOS/c1-8-6-10(12)2-4-11(8)9-3-5-13-7-9/h3,5,7-8H,2,4,6H2,1H3. The summed E-state index contributed by atoms with van der Waals surface area (Å²) < 4.78 is 0. The maximum absolute atomic E-state index is 11.2. The predicted octanol–water partition coefficient (Wildman–Crippen LogP) is 2.31. The summed E-state index contributed by atoms with van der Waals surface area (Å²) in [6.45, 7) is 3.01. The normalized spacial score (nSPS) is 23.6. The number of carbonyl (C=O) groups excluding carboxylic acids is 1. The second-order valence-electron chi connectivity index (χ2n) is 3.52. The van der Waals surface area contributed by atoms with Crippen molar-refractivity contribution in [2.45, 2.75) is 25.8 Å². The van der Waals surface area contributed by atoms with Crippen LogP contribution < -0.4 is 4.90 Å². The van der Waals surface area contributed by atoms with E-state index in [1.807, 2.05) is 0 Å². The first-order chi connectivity index (χ1) is 6.27. The molecule has 1 aromatic rings. The molecule has 1 aliphatic heterocycles. The highest BCUT2D eigenvalue weighted by molar-refractivity contribution is 7.08. The topological polar surface area (TPSA) is 20.3 Å². The summed E-state index contributed by atoms with van der Waals surface area (Å²) in [5, 5.41) is 4.23. The Morgan fingerprint density at radius 1 is 1.62 bits per heavy atom. The van der Waals surface area contributed by atoms with Gasteiger partial charge in [-0.15, -0.1) is 0 Å². The summed E-state index contributed by atoms with van der Waals surface area (Å²) in [6, 6.07) is 2.49. The maximum Gasteiger partial charge on any atom is 0.136 e. The van der Waals surface area contributed by atoms with Crippen molar-refractivity contribution in [3.8, 4) is 0 Å². The molecule has 0 radical (unpaired) electrons. The molecule has 2 rings (SSSR count). The number of rotatable bonds is 1. The lowest BCUT2D eigenvalue weighted by molar-refractivity contribution is -0.120. The quantitative estimate of drug-likeness (QED) is 0.685. The maximum atomic E-state index is 11.2. The van der Waals surface area contributed by atoms with Crippen molar-refractivity contribution in [3.63, 3.8) is 0 Å². The molecule has 1 aliphatic rings. The second-order valence-corrected chi connectivity index (χ2v) is 4.30. The fourth-order valence-electron chi connectivity index (χ4n) is 1.81. The third-order valence-electron chi connectivity index (χ3n) is 2.52. The molecular formula is C10H13NOS. The van der Waals surface area contributed by atoms with Crippen molar-refractivity contribution < 1.29 is 4.79 Å². The van der Waals surface area contributed by atoms with Gasteiger partial charge in [-0.05, 0) is 18.4 Å². The van der Waals surface area contributed by atoms with Gasteiger partial charge in [-0.25, -0.2) is 0 Å². The van der Waals surface area contributed by atoms with E-state index in [2.05, 4.69) is 28.7 Å². The highest BCUT2D eigenvalue weighted by Gasteiger charge is 2.23. The first-order valence-corrected chi connectivity index (χ1v) is 5.52. The largest absolute Gasteiger partial charge is 0.367 e. The Kier molecular flexibility index (Phi) is 2.36. The van der Waals surface area contributed by atoms with Gasteiger partial charge in [0.05, 0.1) is 0 Å². The van der Waals surface area contributed by atoms with Crippen molar-refractivity contribution in [1.29, 1.82) is 0 Å². The van der Waals surface area contributed by atoms with Crippen molar-refractivity contribution in [2.75, 3.05) is 11.4 Å². The Morgan fingerprint density at radius 3 is 3.08 bits per heavy atom. The van der Waals surface area contributed by atoms with Crippen LogP contribution in [0.1, 0.15) is 19.8 Å². The lowest BCUT2D eigenvalue weighted by atomic mass is 10.0. The van der Waals surface area contributed by atoms with Crippen molar-refractivity contribution >= 4 is 22.8 Å². The Morgan fingerprint density at radius 2 is 2.46 bits per heavy atom. The van der Waals surface area contributed by atoms with E-state index < -0.39 is 0 Å². The van der Waals surface area contributed by atoms with Crippen molar-refractivity contribution in [2.24, 2.45) is 0 Å². The minimum Gasteiger partial charge on any atom is -0.367 e. The van der Waals surface area contributed by atoms with E-state index >= 15 is 0 Å². The molecule has 1 fully saturated rings. The molecule has 13 heavy (non-hydrogen) atoms. The van der Waals surface area contributed by atoms with E-state index in [0.29, 0.717) is 24.7 Å². The Balaban J connectivity index is 2.12. The van der Waals surface area contributed by atoms with Gasteiger partial charge in [-0.3, -0.25) is 4.79 Å². The molecular weight excluding hydrogens is 182 g/mol. The molecule has 70 valence electrons. The Hall–Kier alpha value is -0.830. The number of ketones is 1. The zero-order chi connectivity index (χ0) is 9.26. The minimum atomic E-state index is 0.371. The van der Waals surface area contributed by atoms with Crippen LogP contribution in [0, 0.1) is 0 Å². The smallest absolute Gasteiger partial charge is 0.136 e. The van der Waals surface area contributed by atoms with E-state index in [0.717, 1.165) is 6.54 Å². The van der Waals surface area contributed by atoms with Gasteiger partial charge in [-0.1, -0.05) is 0 Å². The highest BCUT2D eigenvalue weighted by Crippen LogP contribution is 2.24. The number of hydrogen-bond donors (Lipinski definition) is 0. The SMILES string of the molecule is CC1CC(=O)CCN1c1ccsc1. The van der Waals surface area contributed by atoms with Gasteiger partial charge in [0.2, 0.25) is 0 Å². The summed E-state index contributed by atoms with van der Waals surface area (Å²) in [7, 11) is 0. The monoisotopic (exact) mass is 195 g/mol. The van der Waals surface area contributed by atoms with Crippen LogP contribution in [0.3, 0.4) is 0 Å². The fraction of sp³-hybridized carbons (Fsp3) is 0.500. The first kappa shape index (κ1) is 8.75. The first-order valence-electron chi connectivity index (χ1n) is 4.58. The highest BCUT2D eigenvalue weighted by atomic mass is 32.1. The molecule has 0 spiro atoms. The average Bonchev–Trinajstić information content (AvgIpc) is 2.56. The third kappa shape index (κ3) is 1.75. The molecule has 2 nitrogen and oxygen atoms in total. The average molecular weight is 195 g/mol. The Labute approximate surface area is 82.2 Å². The summed E-state index contributed by atoms with van der Waals surface area (Å²) in [5.41, 5.74) is 1.27. The van der Waals surface area contributed by atoms with E-state index in [1.54, 1.807) is 11.3 Å².